The van der Waals surface area contributed by atoms with Crippen molar-refractivity contribution in [1.82, 2.24) is 10.3 Å². The molecule has 3 N–H and O–H groups in total. The molecule has 0 saturated heterocycles. The van der Waals surface area contributed by atoms with E-state index in [1.54, 1.807) is 6.92 Å². The number of nitrogens with two attached hydrogens (primary N) is 1. The second-order valence-corrected chi connectivity index (χ2v) is 5.66. The van der Waals surface area contributed by atoms with Crippen LogP contribution >= 0.6 is 28.1 Å². The Morgan fingerprint density at radius 3 is 2.53 bits per heavy atom. The predicted molar refractivity (Wildman–Crippen MR) is 82.0 cm³/mol. The minimum Gasteiger partial charge on any atom is -0.350 e. The van der Waals surface area contributed by atoms with Gasteiger partial charge in [0.15, 0.2) is 10.9 Å². The molecule has 0 amide bonds. The molecule has 0 aromatic heterocycles. The van der Waals surface area contributed by atoms with Crippen molar-refractivity contribution < 1.29 is 4.79 Å². The van der Waals surface area contributed by atoms with Crippen molar-refractivity contribution in [1.29, 1.82) is 0 Å². The van der Waals surface area contributed by atoms with Crippen LogP contribution in [0.1, 0.15) is 25.5 Å². The van der Waals surface area contributed by atoms with Gasteiger partial charge in [0.25, 0.3) is 0 Å². The van der Waals surface area contributed by atoms with Gasteiger partial charge in [0.05, 0.1) is 6.04 Å². The third-order valence-electron chi connectivity index (χ3n) is 3.11. The van der Waals surface area contributed by atoms with E-state index in [0.717, 1.165) is 10.0 Å². The van der Waals surface area contributed by atoms with E-state index in [0.29, 0.717) is 16.4 Å². The Labute approximate surface area is 125 Å². The Bertz CT molecular complexity index is 568. The number of benzene rings is 1. The van der Waals surface area contributed by atoms with Crippen LogP contribution in [0.2, 0.25) is 0 Å². The minimum absolute atomic E-state index is 0.0177. The number of halogens is 1. The van der Waals surface area contributed by atoms with Crippen molar-refractivity contribution in [3.63, 3.8) is 0 Å². The maximum atomic E-state index is 11.9. The lowest BCUT2D eigenvalue weighted by molar-refractivity contribution is -0.114. The summed E-state index contributed by atoms with van der Waals surface area (Å²) in [6.07, 6.45) is 0. The second kappa shape index (κ2) is 5.40. The molecule has 1 atom stereocenters. The van der Waals surface area contributed by atoms with E-state index < -0.39 is 0 Å². The molecule has 100 valence electrons. The van der Waals surface area contributed by atoms with Crippen molar-refractivity contribution in [2.45, 2.75) is 19.9 Å². The maximum Gasteiger partial charge on any atom is 0.188 e. The first kappa shape index (κ1) is 14.2. The van der Waals surface area contributed by atoms with Gasteiger partial charge in [-0.1, -0.05) is 28.1 Å². The molecule has 0 aliphatic carbocycles. The molecule has 4 nitrogen and oxygen atoms in total. The quantitative estimate of drug-likeness (QED) is 0.640. The lowest BCUT2D eigenvalue weighted by Gasteiger charge is -2.34. The number of hydrazine groups is 1. The molecule has 2 rings (SSSR count). The first-order valence-corrected chi connectivity index (χ1v) is 6.94. The number of thiocarbonyl (C=S) groups is 1. The summed E-state index contributed by atoms with van der Waals surface area (Å²) in [6, 6.07) is 7.52. The van der Waals surface area contributed by atoms with E-state index in [9.17, 15) is 4.79 Å². The molecule has 19 heavy (non-hydrogen) atoms. The summed E-state index contributed by atoms with van der Waals surface area (Å²) in [5, 5.41) is 4.85. The molecule has 0 bridgehead atoms. The first-order chi connectivity index (χ1) is 8.91. The van der Waals surface area contributed by atoms with Gasteiger partial charge in [-0.2, -0.15) is 0 Å². The number of carbonyl (C=O) groups is 1. The van der Waals surface area contributed by atoms with Crippen molar-refractivity contribution >= 4 is 39.0 Å². The molecular weight excluding hydrogens is 326 g/mol. The summed E-state index contributed by atoms with van der Waals surface area (Å²) in [5.74, 6) is 5.81. The summed E-state index contributed by atoms with van der Waals surface area (Å²) in [6.45, 7) is 3.34. The zero-order valence-electron chi connectivity index (χ0n) is 10.6. The van der Waals surface area contributed by atoms with Gasteiger partial charge in [0.1, 0.15) is 0 Å². The number of rotatable bonds is 2. The second-order valence-electron chi connectivity index (χ2n) is 4.36. The normalized spacial score (nSPS) is 19.5. The van der Waals surface area contributed by atoms with Crippen molar-refractivity contribution in [2.75, 3.05) is 0 Å². The van der Waals surface area contributed by atoms with Gasteiger partial charge in [0, 0.05) is 15.7 Å². The lowest BCUT2D eigenvalue weighted by atomic mass is 9.93. The maximum absolute atomic E-state index is 11.9. The number of nitrogens with zero attached hydrogens (tertiary/aromatic N) is 1. The van der Waals surface area contributed by atoms with Crippen LogP contribution in [-0.2, 0) is 4.79 Å². The van der Waals surface area contributed by atoms with Crippen molar-refractivity contribution in [3.8, 4) is 0 Å². The predicted octanol–water partition coefficient (Wildman–Crippen LogP) is 2.42. The Morgan fingerprint density at radius 2 is 2.00 bits per heavy atom. The van der Waals surface area contributed by atoms with Crippen molar-refractivity contribution in [2.24, 2.45) is 5.84 Å². The standard InChI is InChI=1S/C13H14BrN3OS/c1-7-11(8(2)18)12(16-13(19)17(7)15)9-3-5-10(14)6-4-9/h3-6,12H,15H2,1-2H3,(H,16,19)/t12-/m0/s1. The van der Waals surface area contributed by atoms with Crippen LogP contribution < -0.4 is 11.2 Å². The Hall–Kier alpha value is -1.24. The third kappa shape index (κ3) is 2.70. The zero-order chi connectivity index (χ0) is 14.2. The minimum atomic E-state index is -0.252. The van der Waals surface area contributed by atoms with Gasteiger partial charge in [0.2, 0.25) is 0 Å². The molecular formula is C13H14BrN3OS. The fourth-order valence-electron chi connectivity index (χ4n) is 2.12. The summed E-state index contributed by atoms with van der Waals surface area (Å²) >= 11 is 8.58. The summed E-state index contributed by atoms with van der Waals surface area (Å²) < 4.78 is 0.986. The average Bonchev–Trinajstić information content (AvgIpc) is 2.36. The highest BCUT2D eigenvalue weighted by Crippen LogP contribution is 2.30. The summed E-state index contributed by atoms with van der Waals surface area (Å²) in [7, 11) is 0. The molecule has 1 aromatic rings. The van der Waals surface area contributed by atoms with Gasteiger partial charge in [-0.05, 0) is 43.8 Å². The molecule has 1 heterocycles. The Kier molecular flexibility index (Phi) is 4.03. The monoisotopic (exact) mass is 339 g/mol. The van der Waals surface area contributed by atoms with Crippen LogP contribution in [0.4, 0.5) is 0 Å². The highest BCUT2D eigenvalue weighted by molar-refractivity contribution is 9.10. The largest absolute Gasteiger partial charge is 0.350 e. The molecule has 6 heteroatoms. The van der Waals surface area contributed by atoms with Crippen LogP contribution in [0, 0.1) is 0 Å². The number of Topliss-reactive ketones (excluding diaryl/α,β-unsaturated/α-hetero) is 1. The molecule has 0 saturated carbocycles. The van der Waals surface area contributed by atoms with Gasteiger partial charge in [-0.15, -0.1) is 0 Å². The van der Waals surface area contributed by atoms with Crippen LogP contribution in [0.25, 0.3) is 0 Å². The Balaban J connectivity index is 2.51. The molecule has 0 radical (unpaired) electrons. The molecule has 0 spiro atoms. The smallest absolute Gasteiger partial charge is 0.188 e. The lowest BCUT2D eigenvalue weighted by Crippen LogP contribution is -2.50. The number of ketones is 1. The highest BCUT2D eigenvalue weighted by Gasteiger charge is 2.30. The molecule has 1 aliphatic rings. The molecule has 1 aliphatic heterocycles. The van der Waals surface area contributed by atoms with Gasteiger partial charge in [-0.25, -0.2) is 5.84 Å². The number of carbonyl (C=O) groups excluding carboxylic acids is 1. The van der Waals surface area contributed by atoms with E-state index >= 15 is 0 Å². The molecule has 0 unspecified atom stereocenters. The van der Waals surface area contributed by atoms with E-state index in [1.807, 2.05) is 24.3 Å². The summed E-state index contributed by atoms with van der Waals surface area (Å²) in [4.78, 5) is 11.9. The fourth-order valence-corrected chi connectivity index (χ4v) is 2.64. The number of nitrogens with one attached hydrogen (secondary N) is 1. The van der Waals surface area contributed by atoms with Crippen LogP contribution in [0.3, 0.4) is 0 Å². The van der Waals surface area contributed by atoms with Crippen LogP contribution in [-0.4, -0.2) is 15.9 Å². The van der Waals surface area contributed by atoms with E-state index in [-0.39, 0.29) is 11.8 Å². The Morgan fingerprint density at radius 1 is 1.42 bits per heavy atom. The van der Waals surface area contributed by atoms with Crippen molar-refractivity contribution in [3.05, 3.63) is 45.6 Å². The molecule has 1 aromatic carbocycles. The first-order valence-electron chi connectivity index (χ1n) is 5.74. The van der Waals surface area contributed by atoms with E-state index in [1.165, 1.54) is 11.9 Å². The van der Waals surface area contributed by atoms with Gasteiger partial charge < -0.3 is 5.32 Å². The third-order valence-corrected chi connectivity index (χ3v) is 3.95. The summed E-state index contributed by atoms with van der Waals surface area (Å²) in [5.41, 5.74) is 2.30. The number of allylic oxidation sites excluding steroid dienone is 1. The average molecular weight is 340 g/mol. The van der Waals surface area contributed by atoms with Gasteiger partial charge >= 0.3 is 0 Å². The number of hydrogen-bond donors (Lipinski definition) is 2. The van der Waals surface area contributed by atoms with E-state index in [4.69, 9.17) is 18.1 Å². The number of hydrogen-bond acceptors (Lipinski definition) is 3. The van der Waals surface area contributed by atoms with Crippen LogP contribution in [0.15, 0.2) is 40.0 Å². The molecule has 0 fully saturated rings. The van der Waals surface area contributed by atoms with Crippen LogP contribution in [0.5, 0.6) is 0 Å². The topological polar surface area (TPSA) is 58.4 Å². The highest BCUT2D eigenvalue weighted by atomic mass is 79.9. The zero-order valence-corrected chi connectivity index (χ0v) is 13.0. The SMILES string of the molecule is CC(=O)C1=C(C)N(N)C(=S)N[C@H]1c1ccc(Br)cc1. The van der Waals surface area contributed by atoms with E-state index in [2.05, 4.69) is 21.2 Å². The fraction of sp³-hybridized carbons (Fsp3) is 0.231. The van der Waals surface area contributed by atoms with Gasteiger partial charge in [-0.3, -0.25) is 9.80 Å².